The van der Waals surface area contributed by atoms with Crippen LogP contribution in [0, 0.1) is 6.92 Å². The Morgan fingerprint density at radius 2 is 1.64 bits per heavy atom. The molecule has 0 saturated heterocycles. The smallest absolute Gasteiger partial charge is 0.370 e. The van der Waals surface area contributed by atoms with Crippen LogP contribution in [0.15, 0.2) is 66.7 Å². The van der Waals surface area contributed by atoms with Gasteiger partial charge in [0.2, 0.25) is 11.9 Å². The van der Waals surface area contributed by atoms with E-state index in [1.165, 1.54) is 4.90 Å². The van der Waals surface area contributed by atoms with Gasteiger partial charge in [-0.2, -0.15) is 13.2 Å². The Morgan fingerprint density at radius 3 is 2.26 bits per heavy atom. The molecule has 0 radical (unpaired) electrons. The van der Waals surface area contributed by atoms with Gasteiger partial charge in [0.1, 0.15) is 0 Å². The zero-order valence-corrected chi connectivity index (χ0v) is 21.0. The van der Waals surface area contributed by atoms with Crippen molar-refractivity contribution >= 4 is 46.2 Å². The number of fused-ring (bicyclic) bond motifs is 1. The van der Waals surface area contributed by atoms with Gasteiger partial charge in [-0.25, -0.2) is 9.78 Å². The molecule has 0 saturated carbocycles. The number of hydrogen-bond donors (Lipinski definition) is 3. The summed E-state index contributed by atoms with van der Waals surface area (Å²) in [6.07, 6.45) is -4.53. The largest absolute Gasteiger partial charge is 0.416 e. The predicted molar refractivity (Wildman–Crippen MR) is 142 cm³/mol. The zero-order chi connectivity index (χ0) is 28.3. The normalized spacial score (nSPS) is 11.3. The van der Waals surface area contributed by atoms with Gasteiger partial charge in [0, 0.05) is 37.0 Å². The summed E-state index contributed by atoms with van der Waals surface area (Å²) < 4.78 is 40.0. The number of hydrogen-bond acceptors (Lipinski definition) is 4. The zero-order valence-electron chi connectivity index (χ0n) is 21.0. The number of anilines is 3. The van der Waals surface area contributed by atoms with Crippen molar-refractivity contribution < 1.29 is 27.6 Å². The highest BCUT2D eigenvalue weighted by molar-refractivity contribution is 6.06. The van der Waals surface area contributed by atoms with Crippen LogP contribution in [-0.2, 0) is 17.5 Å². The van der Waals surface area contributed by atoms with Crippen LogP contribution in [0.25, 0.3) is 11.0 Å². The van der Waals surface area contributed by atoms with Crippen LogP contribution in [0.5, 0.6) is 0 Å². The molecule has 0 bridgehead atoms. The minimum absolute atomic E-state index is 0.0335. The maximum absolute atomic E-state index is 13.0. The second-order valence-corrected chi connectivity index (χ2v) is 8.86. The number of nitrogens with two attached hydrogens (primary N) is 1. The molecule has 0 aliphatic carbocycles. The maximum Gasteiger partial charge on any atom is 0.416 e. The van der Waals surface area contributed by atoms with Crippen LogP contribution in [0.4, 0.5) is 35.3 Å². The number of aromatic nitrogens is 2. The molecule has 0 aliphatic rings. The van der Waals surface area contributed by atoms with Crippen molar-refractivity contribution in [3.05, 3.63) is 83.4 Å². The van der Waals surface area contributed by atoms with Gasteiger partial charge in [0.25, 0.3) is 5.91 Å². The van der Waals surface area contributed by atoms with Crippen molar-refractivity contribution in [2.45, 2.75) is 26.1 Å². The molecule has 1 aromatic heterocycles. The standard InChI is InChI=1S/C27H25F3N6O3/c1-16-3-5-17(6-4-16)24(38)35(2)20-11-12-22-21(15-20)33-25(36(22)14-13-23(31)37)34-26(39)32-19-9-7-18(8-10-19)27(28,29)30/h3-12,15H,13-14H2,1-2H3,(H2,31,37)(H2,32,33,34,39). The number of carbonyl (C=O) groups is 3. The lowest BCUT2D eigenvalue weighted by Gasteiger charge is -2.17. The fraction of sp³-hybridized carbons (Fsp3) is 0.185. The summed E-state index contributed by atoms with van der Waals surface area (Å²) in [7, 11) is 1.63. The van der Waals surface area contributed by atoms with Crippen molar-refractivity contribution in [2.75, 3.05) is 22.6 Å². The SMILES string of the molecule is Cc1ccc(C(=O)N(C)c2ccc3c(c2)nc(NC(=O)Nc2ccc(C(F)(F)F)cc2)n3CCC(N)=O)cc1. The number of alkyl halides is 3. The molecule has 4 amide bonds. The van der Waals surface area contributed by atoms with E-state index in [2.05, 4.69) is 15.6 Å². The van der Waals surface area contributed by atoms with E-state index < -0.39 is 23.7 Å². The Hall–Kier alpha value is -4.87. The molecular weight excluding hydrogens is 513 g/mol. The first-order valence-electron chi connectivity index (χ1n) is 11.8. The lowest BCUT2D eigenvalue weighted by Crippen LogP contribution is -2.26. The van der Waals surface area contributed by atoms with E-state index in [4.69, 9.17) is 5.73 Å². The number of benzene rings is 3. The van der Waals surface area contributed by atoms with Crippen molar-refractivity contribution in [2.24, 2.45) is 5.73 Å². The fourth-order valence-corrected chi connectivity index (χ4v) is 3.88. The lowest BCUT2D eigenvalue weighted by atomic mass is 10.1. The monoisotopic (exact) mass is 538 g/mol. The Morgan fingerprint density at radius 1 is 0.974 bits per heavy atom. The average molecular weight is 539 g/mol. The van der Waals surface area contributed by atoms with Gasteiger partial charge < -0.3 is 20.5 Å². The molecule has 9 nitrogen and oxygen atoms in total. The van der Waals surface area contributed by atoms with Gasteiger partial charge in [-0.05, 0) is 61.5 Å². The summed E-state index contributed by atoms with van der Waals surface area (Å²) in [5, 5.41) is 5.02. The molecular formula is C27H25F3N6O3. The van der Waals surface area contributed by atoms with Crippen LogP contribution in [0.2, 0.25) is 0 Å². The molecule has 12 heteroatoms. The number of urea groups is 1. The van der Waals surface area contributed by atoms with E-state index in [-0.39, 0.29) is 30.5 Å². The molecule has 1 heterocycles. The summed E-state index contributed by atoms with van der Waals surface area (Å²) >= 11 is 0. The van der Waals surface area contributed by atoms with E-state index in [9.17, 15) is 27.6 Å². The number of halogens is 3. The minimum Gasteiger partial charge on any atom is -0.370 e. The van der Waals surface area contributed by atoms with Gasteiger partial charge in [-0.1, -0.05) is 17.7 Å². The third-order valence-corrected chi connectivity index (χ3v) is 6.00. The van der Waals surface area contributed by atoms with Crippen LogP contribution in [0.3, 0.4) is 0 Å². The van der Waals surface area contributed by atoms with Crippen molar-refractivity contribution in [1.82, 2.24) is 9.55 Å². The quantitative estimate of drug-likeness (QED) is 0.301. The fourth-order valence-electron chi connectivity index (χ4n) is 3.88. The van der Waals surface area contributed by atoms with Crippen molar-refractivity contribution in [1.29, 1.82) is 0 Å². The Bertz CT molecular complexity index is 1530. The Balaban J connectivity index is 1.58. The first-order chi connectivity index (χ1) is 18.4. The van der Waals surface area contributed by atoms with Gasteiger partial charge in [0.05, 0.1) is 16.6 Å². The van der Waals surface area contributed by atoms with Crippen LogP contribution >= 0.6 is 0 Å². The Labute approximate surface area is 221 Å². The first kappa shape index (κ1) is 27.2. The van der Waals surface area contributed by atoms with Crippen LogP contribution < -0.4 is 21.3 Å². The van der Waals surface area contributed by atoms with Crippen molar-refractivity contribution in [3.63, 3.8) is 0 Å². The molecule has 0 aliphatic heterocycles. The maximum atomic E-state index is 13.0. The molecule has 4 N–H and O–H groups in total. The van der Waals surface area contributed by atoms with E-state index in [0.717, 1.165) is 29.8 Å². The van der Waals surface area contributed by atoms with E-state index in [0.29, 0.717) is 22.3 Å². The van der Waals surface area contributed by atoms with Gasteiger partial charge in [-0.15, -0.1) is 0 Å². The van der Waals surface area contributed by atoms with Gasteiger partial charge in [-0.3, -0.25) is 14.9 Å². The summed E-state index contributed by atoms with van der Waals surface area (Å²) in [5.74, 6) is -0.700. The summed E-state index contributed by atoms with van der Waals surface area (Å²) in [4.78, 5) is 43.0. The van der Waals surface area contributed by atoms with Crippen molar-refractivity contribution in [3.8, 4) is 0 Å². The summed E-state index contributed by atoms with van der Waals surface area (Å²) in [5.41, 5.74) is 7.70. The molecule has 4 aromatic rings. The van der Waals surface area contributed by atoms with E-state index in [1.807, 2.05) is 19.1 Å². The molecule has 0 spiro atoms. The second-order valence-electron chi connectivity index (χ2n) is 8.86. The van der Waals surface area contributed by atoms with E-state index >= 15 is 0 Å². The van der Waals surface area contributed by atoms with Crippen LogP contribution in [-0.4, -0.2) is 34.4 Å². The summed E-state index contributed by atoms with van der Waals surface area (Å²) in [6.45, 7) is 2.04. The molecule has 202 valence electrons. The molecule has 3 aromatic carbocycles. The Kier molecular flexibility index (Phi) is 7.56. The molecule has 0 unspecified atom stereocenters. The van der Waals surface area contributed by atoms with E-state index in [1.54, 1.807) is 41.9 Å². The predicted octanol–water partition coefficient (Wildman–Crippen LogP) is 5.16. The van der Waals surface area contributed by atoms with Gasteiger partial charge in [0.15, 0.2) is 0 Å². The second kappa shape index (κ2) is 10.9. The lowest BCUT2D eigenvalue weighted by molar-refractivity contribution is -0.137. The highest BCUT2D eigenvalue weighted by Crippen LogP contribution is 2.30. The summed E-state index contributed by atoms with van der Waals surface area (Å²) in [6, 6.07) is 15.5. The molecule has 39 heavy (non-hydrogen) atoms. The number of nitrogens with one attached hydrogen (secondary N) is 2. The highest BCUT2D eigenvalue weighted by Gasteiger charge is 2.30. The third-order valence-electron chi connectivity index (χ3n) is 6.00. The number of aryl methyl sites for hydroxylation is 2. The number of primary amides is 1. The molecule has 4 rings (SSSR count). The third kappa shape index (κ3) is 6.35. The topological polar surface area (TPSA) is 122 Å². The number of imidazole rings is 1. The number of carbonyl (C=O) groups excluding carboxylic acids is 3. The number of amides is 4. The van der Waals surface area contributed by atoms with Gasteiger partial charge >= 0.3 is 12.2 Å². The minimum atomic E-state index is -4.50. The molecule has 0 atom stereocenters. The number of rotatable bonds is 7. The average Bonchev–Trinajstić information content (AvgIpc) is 3.22. The highest BCUT2D eigenvalue weighted by atomic mass is 19.4. The first-order valence-corrected chi connectivity index (χ1v) is 11.8. The van der Waals surface area contributed by atoms with Crippen LogP contribution in [0.1, 0.15) is 27.9 Å². The molecule has 0 fully saturated rings. The number of nitrogens with zero attached hydrogens (tertiary/aromatic N) is 3.